The largest absolute Gasteiger partial charge is 0.495 e. The Hall–Kier alpha value is -1.67. The molecule has 0 atom stereocenters. The zero-order chi connectivity index (χ0) is 19.5. The summed E-state index contributed by atoms with van der Waals surface area (Å²) in [5.74, 6) is -0.463. The van der Waals surface area contributed by atoms with Gasteiger partial charge in [0, 0.05) is 0 Å². The Kier molecular flexibility index (Phi) is 6.63. The highest BCUT2D eigenvalue weighted by Crippen LogP contribution is 2.36. The Bertz CT molecular complexity index is 933. The highest BCUT2D eigenvalue weighted by molar-refractivity contribution is 7.92. The maximum Gasteiger partial charge on any atom is 0.326 e. The number of halogens is 3. The highest BCUT2D eigenvalue weighted by atomic mass is 35.5. The lowest BCUT2D eigenvalue weighted by Crippen LogP contribution is -2.36. The van der Waals surface area contributed by atoms with Gasteiger partial charge in [0.15, 0.2) is 0 Å². The van der Waals surface area contributed by atoms with E-state index in [0.717, 1.165) is 11.4 Å². The first-order valence-corrected chi connectivity index (χ1v) is 9.67. The molecule has 26 heavy (non-hydrogen) atoms. The maximum absolute atomic E-state index is 13.1. The van der Waals surface area contributed by atoms with Crippen molar-refractivity contribution in [1.29, 1.82) is 0 Å². The van der Waals surface area contributed by atoms with Crippen LogP contribution in [0.4, 0.5) is 5.69 Å². The molecule has 0 bridgehead atoms. The SMILES string of the molecule is COC(=O)CN(c1cccc(Cl)c1Cl)S(=O)(=O)c1ccc(OC)c(Cl)c1. The highest BCUT2D eigenvalue weighted by Gasteiger charge is 2.30. The van der Waals surface area contributed by atoms with Crippen LogP contribution >= 0.6 is 34.8 Å². The van der Waals surface area contributed by atoms with Crippen LogP contribution in [0.15, 0.2) is 41.3 Å². The molecule has 0 radical (unpaired) electrons. The molecule has 140 valence electrons. The summed E-state index contributed by atoms with van der Waals surface area (Å²) in [7, 11) is -1.64. The van der Waals surface area contributed by atoms with Gasteiger partial charge in [-0.2, -0.15) is 0 Å². The summed E-state index contributed by atoms with van der Waals surface area (Å²) in [6.07, 6.45) is 0. The standard InChI is InChI=1S/C16H14Cl3NO5S/c1-24-14-7-6-10(8-12(14)18)26(22,23)20(9-15(21)25-2)13-5-3-4-11(17)16(13)19/h3-8H,9H2,1-2H3. The summed E-state index contributed by atoms with van der Waals surface area (Å²) in [6, 6.07) is 8.39. The van der Waals surface area contributed by atoms with Crippen LogP contribution < -0.4 is 9.04 Å². The first kappa shape index (κ1) is 20.6. The number of sulfonamides is 1. The summed E-state index contributed by atoms with van der Waals surface area (Å²) in [4.78, 5) is 11.6. The molecule has 0 saturated heterocycles. The number of rotatable bonds is 6. The van der Waals surface area contributed by atoms with E-state index in [9.17, 15) is 13.2 Å². The van der Waals surface area contributed by atoms with Crippen LogP contribution in [0.1, 0.15) is 0 Å². The molecule has 10 heteroatoms. The van der Waals surface area contributed by atoms with Gasteiger partial charge in [0.2, 0.25) is 0 Å². The molecule has 0 aromatic heterocycles. The zero-order valence-corrected chi connectivity index (χ0v) is 16.8. The van der Waals surface area contributed by atoms with E-state index in [1.54, 1.807) is 0 Å². The number of benzene rings is 2. The molecule has 0 N–H and O–H groups in total. The second-order valence-electron chi connectivity index (χ2n) is 4.96. The second-order valence-corrected chi connectivity index (χ2v) is 8.01. The maximum atomic E-state index is 13.1. The van der Waals surface area contributed by atoms with Crippen LogP contribution in [0.2, 0.25) is 15.1 Å². The molecule has 6 nitrogen and oxygen atoms in total. The number of carbonyl (C=O) groups excluding carboxylic acids is 1. The average Bonchev–Trinajstić information content (AvgIpc) is 2.61. The minimum Gasteiger partial charge on any atom is -0.495 e. The molecule has 2 aromatic rings. The van der Waals surface area contributed by atoms with Crippen molar-refractivity contribution in [2.45, 2.75) is 4.90 Å². The number of esters is 1. The number of nitrogens with zero attached hydrogens (tertiary/aromatic N) is 1. The predicted octanol–water partition coefficient (Wildman–Crippen LogP) is 4.02. The van der Waals surface area contributed by atoms with E-state index in [1.807, 2.05) is 0 Å². The van der Waals surface area contributed by atoms with E-state index < -0.39 is 22.5 Å². The van der Waals surface area contributed by atoms with Crippen molar-refractivity contribution in [3.05, 3.63) is 51.5 Å². The molecule has 0 amide bonds. The van der Waals surface area contributed by atoms with Gasteiger partial charge in [0.05, 0.1) is 39.9 Å². The molecule has 0 aliphatic rings. The molecule has 0 aliphatic carbocycles. The molecular weight excluding hydrogens is 425 g/mol. The van der Waals surface area contributed by atoms with Crippen LogP contribution in [-0.4, -0.2) is 35.2 Å². The van der Waals surface area contributed by atoms with Crippen molar-refractivity contribution < 1.29 is 22.7 Å². The number of methoxy groups -OCH3 is 2. The monoisotopic (exact) mass is 437 g/mol. The normalized spacial score (nSPS) is 11.1. The van der Waals surface area contributed by atoms with E-state index in [-0.39, 0.29) is 25.7 Å². The van der Waals surface area contributed by atoms with Crippen molar-refractivity contribution in [1.82, 2.24) is 0 Å². The van der Waals surface area contributed by atoms with E-state index in [4.69, 9.17) is 39.5 Å². The second kappa shape index (κ2) is 8.35. The zero-order valence-electron chi connectivity index (χ0n) is 13.7. The van der Waals surface area contributed by atoms with Gasteiger partial charge in [0.1, 0.15) is 12.3 Å². The van der Waals surface area contributed by atoms with Crippen LogP contribution in [0.25, 0.3) is 0 Å². The molecule has 0 heterocycles. The molecule has 0 aliphatic heterocycles. The van der Waals surface area contributed by atoms with Crippen LogP contribution in [-0.2, 0) is 19.6 Å². The van der Waals surface area contributed by atoms with Gasteiger partial charge in [-0.05, 0) is 30.3 Å². The van der Waals surface area contributed by atoms with Gasteiger partial charge in [-0.3, -0.25) is 9.10 Å². The number of hydrogen-bond donors (Lipinski definition) is 0. The van der Waals surface area contributed by atoms with Gasteiger partial charge < -0.3 is 9.47 Å². The number of hydrogen-bond acceptors (Lipinski definition) is 5. The van der Waals surface area contributed by atoms with Gasteiger partial charge in [0.25, 0.3) is 10.0 Å². The summed E-state index contributed by atoms with van der Waals surface area (Å²) in [5.41, 5.74) is 0.0384. The predicted molar refractivity (Wildman–Crippen MR) is 101 cm³/mol. The average molecular weight is 439 g/mol. The summed E-state index contributed by atoms with van der Waals surface area (Å²) in [5, 5.41) is 0.229. The summed E-state index contributed by atoms with van der Waals surface area (Å²) < 4.78 is 36.7. The van der Waals surface area contributed by atoms with E-state index in [0.29, 0.717) is 5.75 Å². The number of ether oxygens (including phenoxy) is 2. The van der Waals surface area contributed by atoms with E-state index in [2.05, 4.69) is 4.74 Å². The topological polar surface area (TPSA) is 72.9 Å². The van der Waals surface area contributed by atoms with Crippen LogP contribution in [0.3, 0.4) is 0 Å². The first-order valence-electron chi connectivity index (χ1n) is 7.09. The molecular formula is C16H14Cl3NO5S. The fourth-order valence-electron chi connectivity index (χ4n) is 2.10. The Labute approximate surface area is 166 Å². The first-order chi connectivity index (χ1) is 12.2. The van der Waals surface area contributed by atoms with Crippen molar-refractivity contribution in [3.63, 3.8) is 0 Å². The lowest BCUT2D eigenvalue weighted by molar-refractivity contribution is -0.138. The molecule has 0 spiro atoms. The van der Waals surface area contributed by atoms with Crippen LogP contribution in [0.5, 0.6) is 5.75 Å². The summed E-state index contributed by atoms with van der Waals surface area (Å²) >= 11 is 18.2. The van der Waals surface area contributed by atoms with E-state index >= 15 is 0 Å². The van der Waals surface area contributed by atoms with E-state index in [1.165, 1.54) is 43.5 Å². The van der Waals surface area contributed by atoms with Crippen molar-refractivity contribution in [2.75, 3.05) is 25.1 Å². The fourth-order valence-corrected chi connectivity index (χ4v) is 4.32. The molecule has 0 fully saturated rings. The number of carbonyl (C=O) groups is 1. The van der Waals surface area contributed by atoms with Gasteiger partial charge >= 0.3 is 5.97 Å². The molecule has 0 saturated carbocycles. The van der Waals surface area contributed by atoms with Crippen molar-refractivity contribution >= 4 is 56.5 Å². The van der Waals surface area contributed by atoms with Crippen LogP contribution in [0, 0.1) is 0 Å². The Balaban J connectivity index is 2.62. The molecule has 2 rings (SSSR count). The Morgan fingerprint density at radius 3 is 2.35 bits per heavy atom. The smallest absolute Gasteiger partial charge is 0.326 e. The van der Waals surface area contributed by atoms with Gasteiger partial charge in [-0.25, -0.2) is 8.42 Å². The Morgan fingerprint density at radius 1 is 1.08 bits per heavy atom. The third-order valence-corrected chi connectivity index (χ3v) is 6.27. The Morgan fingerprint density at radius 2 is 1.77 bits per heavy atom. The van der Waals surface area contributed by atoms with Crippen molar-refractivity contribution in [3.8, 4) is 5.75 Å². The third kappa shape index (κ3) is 4.17. The third-order valence-electron chi connectivity index (χ3n) is 3.41. The molecule has 0 unspecified atom stereocenters. The lowest BCUT2D eigenvalue weighted by atomic mass is 10.3. The number of anilines is 1. The van der Waals surface area contributed by atoms with Gasteiger partial charge in [-0.15, -0.1) is 0 Å². The van der Waals surface area contributed by atoms with Crippen molar-refractivity contribution in [2.24, 2.45) is 0 Å². The minimum atomic E-state index is -4.20. The summed E-state index contributed by atoms with van der Waals surface area (Å²) in [6.45, 7) is -0.595. The van der Waals surface area contributed by atoms with Gasteiger partial charge in [-0.1, -0.05) is 40.9 Å². The minimum absolute atomic E-state index is 0.0127. The molecule has 2 aromatic carbocycles. The fraction of sp³-hybridized carbons (Fsp3) is 0.188. The lowest BCUT2D eigenvalue weighted by Gasteiger charge is -2.24. The quantitative estimate of drug-likeness (QED) is 0.637.